The number of sulfonamides is 1. The van der Waals surface area contributed by atoms with Gasteiger partial charge in [0.25, 0.3) is 0 Å². The molecule has 0 fully saturated rings. The summed E-state index contributed by atoms with van der Waals surface area (Å²) in [6.07, 6.45) is 0. The minimum absolute atomic E-state index is 0.0322. The lowest BCUT2D eigenvalue weighted by atomic mass is 10.1. The zero-order chi connectivity index (χ0) is 23.6. The van der Waals surface area contributed by atoms with E-state index >= 15 is 0 Å². The molecule has 1 atom stereocenters. The molecule has 4 aromatic rings. The predicted molar refractivity (Wildman–Crippen MR) is 124 cm³/mol. The van der Waals surface area contributed by atoms with Gasteiger partial charge in [-0.1, -0.05) is 48.0 Å². The van der Waals surface area contributed by atoms with Gasteiger partial charge in [-0.2, -0.15) is 4.72 Å². The van der Waals surface area contributed by atoms with Crippen molar-refractivity contribution in [2.45, 2.75) is 24.8 Å². The molecule has 0 aliphatic carbocycles. The second-order valence-electron chi connectivity index (χ2n) is 7.61. The number of ether oxygens (including phenoxy) is 1. The fourth-order valence-electron chi connectivity index (χ4n) is 3.38. The summed E-state index contributed by atoms with van der Waals surface area (Å²) in [5.41, 5.74) is 1.80. The van der Waals surface area contributed by atoms with E-state index in [4.69, 9.17) is 9.15 Å². The van der Waals surface area contributed by atoms with Crippen LogP contribution in [0.25, 0.3) is 11.0 Å². The Morgan fingerprint density at radius 2 is 1.64 bits per heavy atom. The van der Waals surface area contributed by atoms with Gasteiger partial charge in [0.05, 0.1) is 4.90 Å². The van der Waals surface area contributed by atoms with Crippen molar-refractivity contribution in [1.29, 1.82) is 0 Å². The summed E-state index contributed by atoms with van der Waals surface area (Å²) in [7, 11) is -4.02. The predicted octanol–water partition coefficient (Wildman–Crippen LogP) is 4.04. The van der Waals surface area contributed by atoms with E-state index in [9.17, 15) is 18.0 Å². The van der Waals surface area contributed by atoms with Crippen LogP contribution in [0.15, 0.2) is 93.0 Å². The minimum Gasteiger partial charge on any atom is -0.425 e. The Hall–Kier alpha value is -3.75. The molecule has 0 aliphatic heterocycles. The number of benzene rings is 3. The zero-order valence-corrected chi connectivity index (χ0v) is 18.8. The van der Waals surface area contributed by atoms with E-state index in [1.807, 2.05) is 6.92 Å². The van der Waals surface area contributed by atoms with Gasteiger partial charge in [-0.3, -0.25) is 0 Å². The number of fused-ring (bicyclic) bond motifs is 1. The number of hydrogen-bond acceptors (Lipinski definition) is 6. The third-order valence-electron chi connectivity index (χ3n) is 5.11. The number of rotatable bonds is 6. The number of hydrogen-bond donors (Lipinski definition) is 1. The van der Waals surface area contributed by atoms with Crippen LogP contribution in [0.4, 0.5) is 0 Å². The van der Waals surface area contributed by atoms with E-state index in [0.29, 0.717) is 10.9 Å². The number of aryl methyl sites for hydroxylation is 2. The Bertz CT molecular complexity index is 1480. The van der Waals surface area contributed by atoms with E-state index < -0.39 is 27.7 Å². The van der Waals surface area contributed by atoms with Crippen molar-refractivity contribution < 1.29 is 22.4 Å². The SMILES string of the molecule is Cc1ccc(S(=O)(=O)N[C@@H](C(=O)Oc2ccc3c(C)cc(=O)oc3c2)c2ccccc2)cc1. The molecule has 0 saturated carbocycles. The van der Waals surface area contributed by atoms with Gasteiger partial charge >= 0.3 is 11.6 Å². The third-order valence-corrected chi connectivity index (χ3v) is 6.55. The Morgan fingerprint density at radius 3 is 2.33 bits per heavy atom. The van der Waals surface area contributed by atoms with Gasteiger partial charge in [0.2, 0.25) is 10.0 Å². The van der Waals surface area contributed by atoms with E-state index in [-0.39, 0.29) is 16.2 Å². The molecule has 0 radical (unpaired) electrons. The van der Waals surface area contributed by atoms with Gasteiger partial charge in [-0.05, 0) is 49.2 Å². The lowest BCUT2D eigenvalue weighted by Crippen LogP contribution is -2.36. The molecule has 1 aromatic heterocycles. The molecule has 0 bridgehead atoms. The highest BCUT2D eigenvalue weighted by atomic mass is 32.2. The van der Waals surface area contributed by atoms with Crippen LogP contribution < -0.4 is 15.1 Å². The first kappa shape index (κ1) is 22.4. The van der Waals surface area contributed by atoms with E-state index in [2.05, 4.69) is 4.72 Å². The van der Waals surface area contributed by atoms with Gasteiger partial charge < -0.3 is 9.15 Å². The average Bonchev–Trinajstić information content (AvgIpc) is 2.78. The number of carbonyl (C=O) groups excluding carboxylic acids is 1. The lowest BCUT2D eigenvalue weighted by Gasteiger charge is -2.18. The zero-order valence-electron chi connectivity index (χ0n) is 17.9. The van der Waals surface area contributed by atoms with Crippen LogP contribution in [-0.2, 0) is 14.8 Å². The summed E-state index contributed by atoms with van der Waals surface area (Å²) < 4.78 is 39.1. The second kappa shape index (κ2) is 9.01. The summed E-state index contributed by atoms with van der Waals surface area (Å²) >= 11 is 0. The first-order valence-electron chi connectivity index (χ1n) is 10.1. The van der Waals surface area contributed by atoms with Crippen molar-refractivity contribution in [2.75, 3.05) is 0 Å². The van der Waals surface area contributed by atoms with Gasteiger partial charge in [0, 0.05) is 17.5 Å². The smallest absolute Gasteiger partial charge is 0.336 e. The van der Waals surface area contributed by atoms with E-state index in [1.54, 1.807) is 61.5 Å². The fourth-order valence-corrected chi connectivity index (χ4v) is 4.56. The van der Waals surface area contributed by atoms with Gasteiger partial charge in [-0.15, -0.1) is 0 Å². The van der Waals surface area contributed by atoms with Crippen molar-refractivity contribution in [1.82, 2.24) is 4.72 Å². The van der Waals surface area contributed by atoms with E-state index in [0.717, 1.165) is 11.1 Å². The quantitative estimate of drug-likeness (QED) is 0.263. The van der Waals surface area contributed by atoms with Crippen LogP contribution in [0, 0.1) is 13.8 Å². The highest BCUT2D eigenvalue weighted by Gasteiger charge is 2.29. The molecule has 8 heteroatoms. The molecule has 7 nitrogen and oxygen atoms in total. The van der Waals surface area contributed by atoms with Gasteiger partial charge in [0.15, 0.2) is 0 Å². The highest BCUT2D eigenvalue weighted by molar-refractivity contribution is 7.89. The Labute approximate surface area is 190 Å². The van der Waals surface area contributed by atoms with Crippen LogP contribution in [-0.4, -0.2) is 14.4 Å². The van der Waals surface area contributed by atoms with Gasteiger partial charge in [-0.25, -0.2) is 18.0 Å². The fraction of sp³-hybridized carbons (Fsp3) is 0.120. The first-order chi connectivity index (χ1) is 15.7. The van der Waals surface area contributed by atoms with Crippen LogP contribution in [0.2, 0.25) is 0 Å². The highest BCUT2D eigenvalue weighted by Crippen LogP contribution is 2.25. The van der Waals surface area contributed by atoms with Crippen LogP contribution in [0.1, 0.15) is 22.7 Å². The van der Waals surface area contributed by atoms with Crippen molar-refractivity contribution in [2.24, 2.45) is 0 Å². The normalized spacial score (nSPS) is 12.4. The third kappa shape index (κ3) is 5.02. The van der Waals surface area contributed by atoms with Crippen LogP contribution >= 0.6 is 0 Å². The molecule has 0 amide bonds. The standard InChI is InChI=1S/C25H21NO6S/c1-16-8-11-20(12-9-16)33(29,30)26-24(18-6-4-3-5-7-18)25(28)31-19-10-13-21-17(2)14-23(27)32-22(21)15-19/h3-15,24,26H,1-2H3/t24-/m1/s1. The lowest BCUT2D eigenvalue weighted by molar-refractivity contribution is -0.136. The molecule has 3 aromatic carbocycles. The second-order valence-corrected chi connectivity index (χ2v) is 9.32. The minimum atomic E-state index is -4.02. The van der Waals surface area contributed by atoms with Crippen molar-refractivity contribution in [3.63, 3.8) is 0 Å². The molecule has 1 heterocycles. The molecule has 0 unspecified atom stereocenters. The molecular formula is C25H21NO6S. The molecule has 0 saturated heterocycles. The van der Waals surface area contributed by atoms with Crippen LogP contribution in [0.5, 0.6) is 5.75 Å². The number of nitrogens with one attached hydrogen (secondary N) is 1. The maximum absolute atomic E-state index is 13.1. The summed E-state index contributed by atoms with van der Waals surface area (Å²) in [5.74, 6) is -0.706. The molecule has 168 valence electrons. The van der Waals surface area contributed by atoms with Crippen molar-refractivity contribution in [3.8, 4) is 5.75 Å². The molecule has 0 spiro atoms. The van der Waals surface area contributed by atoms with Gasteiger partial charge in [0.1, 0.15) is 17.4 Å². The summed E-state index contributed by atoms with van der Waals surface area (Å²) in [6.45, 7) is 3.62. The number of carbonyl (C=O) groups is 1. The summed E-state index contributed by atoms with van der Waals surface area (Å²) in [4.78, 5) is 24.8. The molecule has 0 aliphatic rings. The monoisotopic (exact) mass is 463 g/mol. The Kier molecular flexibility index (Phi) is 6.13. The maximum atomic E-state index is 13.1. The summed E-state index contributed by atoms with van der Waals surface area (Å²) in [6, 6.07) is 19.4. The molecule has 1 N–H and O–H groups in total. The largest absolute Gasteiger partial charge is 0.425 e. The topological polar surface area (TPSA) is 103 Å². The maximum Gasteiger partial charge on any atom is 0.336 e. The molecule has 4 rings (SSSR count). The molecule has 33 heavy (non-hydrogen) atoms. The Balaban J connectivity index is 1.66. The molecular weight excluding hydrogens is 442 g/mol. The number of esters is 1. The van der Waals surface area contributed by atoms with Crippen molar-refractivity contribution >= 4 is 27.0 Å². The van der Waals surface area contributed by atoms with Crippen molar-refractivity contribution in [3.05, 3.63) is 106 Å². The Morgan fingerprint density at radius 1 is 0.939 bits per heavy atom. The van der Waals surface area contributed by atoms with E-state index in [1.165, 1.54) is 24.3 Å². The first-order valence-corrected chi connectivity index (χ1v) is 11.6. The summed E-state index contributed by atoms with van der Waals surface area (Å²) in [5, 5.41) is 0.703. The van der Waals surface area contributed by atoms with Crippen LogP contribution in [0.3, 0.4) is 0 Å². The average molecular weight is 464 g/mol.